The zero-order chi connectivity index (χ0) is 13.5. The zero-order valence-corrected chi connectivity index (χ0v) is 11.4. The minimum absolute atomic E-state index is 0.0106. The molecule has 2 atom stereocenters. The number of ether oxygens (including phenoxy) is 1. The van der Waals surface area contributed by atoms with E-state index in [1.54, 1.807) is 13.2 Å². The van der Waals surface area contributed by atoms with Crippen LogP contribution in [0, 0.1) is 5.92 Å². The third kappa shape index (κ3) is 3.86. The van der Waals surface area contributed by atoms with Gasteiger partial charge < -0.3 is 15.2 Å². The highest BCUT2D eigenvalue weighted by Gasteiger charge is 2.23. The van der Waals surface area contributed by atoms with Crippen LogP contribution in [0.3, 0.4) is 0 Å². The van der Waals surface area contributed by atoms with Crippen LogP contribution >= 0.6 is 0 Å². The molecule has 1 aromatic rings. The maximum Gasteiger partial charge on any atom is 0.118 e. The lowest BCUT2D eigenvalue weighted by Crippen LogP contribution is -2.39. The van der Waals surface area contributed by atoms with Gasteiger partial charge in [0.1, 0.15) is 5.75 Å². The fourth-order valence-electron chi connectivity index (χ4n) is 1.94. The molecular formula is C15H23NO2. The van der Waals surface area contributed by atoms with Crippen molar-refractivity contribution >= 4 is 0 Å². The number of aliphatic hydroxyl groups excluding tert-OH is 1. The standard InChI is InChI=1S/C15H23NO2/c1-5-10-16-14(11(2)3)15(17)12-6-8-13(18-4)9-7-12/h5-9,11,14-17H,1,10H2,2-4H3. The number of rotatable bonds is 7. The second-order valence-electron chi connectivity index (χ2n) is 4.68. The summed E-state index contributed by atoms with van der Waals surface area (Å²) in [6.07, 6.45) is 1.27. The van der Waals surface area contributed by atoms with Gasteiger partial charge in [0.15, 0.2) is 0 Å². The van der Waals surface area contributed by atoms with Gasteiger partial charge in [0.25, 0.3) is 0 Å². The van der Waals surface area contributed by atoms with E-state index >= 15 is 0 Å². The molecule has 0 aliphatic carbocycles. The van der Waals surface area contributed by atoms with E-state index in [9.17, 15) is 5.11 Å². The van der Waals surface area contributed by atoms with Crippen LogP contribution < -0.4 is 10.1 Å². The van der Waals surface area contributed by atoms with Crippen LogP contribution in [0.15, 0.2) is 36.9 Å². The molecule has 0 aliphatic heterocycles. The quantitative estimate of drug-likeness (QED) is 0.730. The Bertz CT molecular complexity index is 359. The summed E-state index contributed by atoms with van der Waals surface area (Å²) in [5.41, 5.74) is 0.895. The molecule has 3 nitrogen and oxygen atoms in total. The molecule has 0 aliphatic rings. The molecule has 3 heteroatoms. The van der Waals surface area contributed by atoms with E-state index in [4.69, 9.17) is 4.74 Å². The Morgan fingerprint density at radius 2 is 1.94 bits per heavy atom. The van der Waals surface area contributed by atoms with Crippen molar-refractivity contribution < 1.29 is 9.84 Å². The molecule has 0 bridgehead atoms. The van der Waals surface area contributed by atoms with Crippen molar-refractivity contribution in [2.45, 2.75) is 26.0 Å². The first kappa shape index (κ1) is 14.7. The van der Waals surface area contributed by atoms with E-state index in [1.165, 1.54) is 0 Å². The maximum atomic E-state index is 10.4. The average Bonchev–Trinajstić information content (AvgIpc) is 2.38. The van der Waals surface area contributed by atoms with E-state index in [1.807, 2.05) is 24.3 Å². The van der Waals surface area contributed by atoms with Gasteiger partial charge in [-0.25, -0.2) is 0 Å². The molecule has 0 heterocycles. The number of benzene rings is 1. The fraction of sp³-hybridized carbons (Fsp3) is 0.467. The van der Waals surface area contributed by atoms with E-state index in [2.05, 4.69) is 25.7 Å². The van der Waals surface area contributed by atoms with Crippen molar-refractivity contribution in [1.29, 1.82) is 0 Å². The first-order valence-electron chi connectivity index (χ1n) is 6.26. The molecule has 0 amide bonds. The highest BCUT2D eigenvalue weighted by Crippen LogP contribution is 2.23. The Kier molecular flexibility index (Phi) is 5.89. The van der Waals surface area contributed by atoms with Crippen molar-refractivity contribution in [3.63, 3.8) is 0 Å². The number of methoxy groups -OCH3 is 1. The van der Waals surface area contributed by atoms with E-state index < -0.39 is 6.10 Å². The van der Waals surface area contributed by atoms with Crippen LogP contribution in [0.25, 0.3) is 0 Å². The van der Waals surface area contributed by atoms with Crippen LogP contribution in [-0.4, -0.2) is 24.8 Å². The van der Waals surface area contributed by atoms with Crippen molar-refractivity contribution in [3.8, 4) is 5.75 Å². The molecule has 2 unspecified atom stereocenters. The number of aliphatic hydroxyl groups is 1. The Labute approximate surface area is 109 Å². The molecule has 0 saturated heterocycles. The predicted molar refractivity (Wildman–Crippen MR) is 74.8 cm³/mol. The van der Waals surface area contributed by atoms with E-state index in [0.717, 1.165) is 11.3 Å². The van der Waals surface area contributed by atoms with Crippen LogP contribution in [0.1, 0.15) is 25.5 Å². The molecule has 18 heavy (non-hydrogen) atoms. The van der Waals surface area contributed by atoms with Crippen LogP contribution in [-0.2, 0) is 0 Å². The van der Waals surface area contributed by atoms with Crippen LogP contribution in [0.5, 0.6) is 5.75 Å². The van der Waals surface area contributed by atoms with Gasteiger partial charge in [-0.1, -0.05) is 32.1 Å². The van der Waals surface area contributed by atoms with Gasteiger partial charge in [0.05, 0.1) is 13.2 Å². The highest BCUT2D eigenvalue weighted by atomic mass is 16.5. The third-order valence-corrected chi connectivity index (χ3v) is 3.01. The third-order valence-electron chi connectivity index (χ3n) is 3.01. The molecule has 0 aromatic heterocycles. The van der Waals surface area contributed by atoms with Gasteiger partial charge in [-0.05, 0) is 23.6 Å². The molecule has 0 radical (unpaired) electrons. The van der Waals surface area contributed by atoms with Gasteiger partial charge in [-0.15, -0.1) is 6.58 Å². The first-order valence-corrected chi connectivity index (χ1v) is 6.26. The van der Waals surface area contributed by atoms with Crippen molar-refractivity contribution in [1.82, 2.24) is 5.32 Å². The molecule has 0 spiro atoms. The summed E-state index contributed by atoms with van der Waals surface area (Å²) in [7, 11) is 1.63. The summed E-state index contributed by atoms with van der Waals surface area (Å²) >= 11 is 0. The molecule has 0 fully saturated rings. The lowest BCUT2D eigenvalue weighted by molar-refractivity contribution is 0.107. The molecular weight excluding hydrogens is 226 g/mol. The summed E-state index contributed by atoms with van der Waals surface area (Å²) in [5, 5.41) is 13.7. The van der Waals surface area contributed by atoms with Crippen molar-refractivity contribution in [2.24, 2.45) is 5.92 Å². The van der Waals surface area contributed by atoms with E-state index in [-0.39, 0.29) is 6.04 Å². The van der Waals surface area contributed by atoms with Crippen LogP contribution in [0.2, 0.25) is 0 Å². The summed E-state index contributed by atoms with van der Waals surface area (Å²) in [6, 6.07) is 7.53. The minimum Gasteiger partial charge on any atom is -0.497 e. The summed E-state index contributed by atoms with van der Waals surface area (Å²) in [4.78, 5) is 0. The smallest absolute Gasteiger partial charge is 0.118 e. The predicted octanol–water partition coefficient (Wildman–Crippen LogP) is 2.53. The highest BCUT2D eigenvalue weighted by molar-refractivity contribution is 5.29. The second-order valence-corrected chi connectivity index (χ2v) is 4.68. The largest absolute Gasteiger partial charge is 0.497 e. The summed E-state index contributed by atoms with van der Waals surface area (Å²) < 4.78 is 5.11. The average molecular weight is 249 g/mol. The number of hydrogen-bond acceptors (Lipinski definition) is 3. The Morgan fingerprint density at radius 3 is 2.39 bits per heavy atom. The van der Waals surface area contributed by atoms with Crippen LogP contribution in [0.4, 0.5) is 0 Å². The van der Waals surface area contributed by atoms with Gasteiger partial charge in [0, 0.05) is 12.6 Å². The van der Waals surface area contributed by atoms with Gasteiger partial charge in [0.2, 0.25) is 0 Å². The molecule has 1 aromatic carbocycles. The minimum atomic E-state index is -0.532. The van der Waals surface area contributed by atoms with Gasteiger partial charge in [-0.3, -0.25) is 0 Å². The Morgan fingerprint density at radius 1 is 1.33 bits per heavy atom. The molecule has 2 N–H and O–H groups in total. The second kappa shape index (κ2) is 7.19. The molecule has 0 saturated carbocycles. The lowest BCUT2D eigenvalue weighted by atomic mass is 9.93. The van der Waals surface area contributed by atoms with Crippen molar-refractivity contribution in [3.05, 3.63) is 42.5 Å². The Hall–Kier alpha value is -1.32. The maximum absolute atomic E-state index is 10.4. The fourth-order valence-corrected chi connectivity index (χ4v) is 1.94. The summed E-state index contributed by atoms with van der Waals surface area (Å²) in [6.45, 7) is 8.56. The Balaban J connectivity index is 2.79. The van der Waals surface area contributed by atoms with Gasteiger partial charge in [-0.2, -0.15) is 0 Å². The monoisotopic (exact) mass is 249 g/mol. The van der Waals surface area contributed by atoms with Gasteiger partial charge >= 0.3 is 0 Å². The van der Waals surface area contributed by atoms with Crippen molar-refractivity contribution in [2.75, 3.05) is 13.7 Å². The van der Waals surface area contributed by atoms with E-state index in [0.29, 0.717) is 12.5 Å². The number of nitrogens with one attached hydrogen (secondary N) is 1. The zero-order valence-electron chi connectivity index (χ0n) is 11.4. The lowest BCUT2D eigenvalue weighted by Gasteiger charge is -2.27. The SMILES string of the molecule is C=CCNC(C(C)C)C(O)c1ccc(OC)cc1. The normalized spacial score (nSPS) is 14.3. The number of hydrogen-bond donors (Lipinski definition) is 2. The first-order chi connectivity index (χ1) is 8.60. The summed E-state index contributed by atoms with van der Waals surface area (Å²) in [5.74, 6) is 1.13. The molecule has 1 rings (SSSR count). The topological polar surface area (TPSA) is 41.5 Å². The molecule has 100 valence electrons.